The van der Waals surface area contributed by atoms with E-state index in [1.807, 2.05) is 20.8 Å². The molecule has 1 atom stereocenters. The Kier molecular flexibility index (Phi) is 4.28. The largest absolute Gasteiger partial charge is 0.459 e. The molecular formula is C14H25NO3. The van der Waals surface area contributed by atoms with E-state index >= 15 is 0 Å². The lowest BCUT2D eigenvalue weighted by atomic mass is 10.1. The minimum absolute atomic E-state index is 0.0349. The van der Waals surface area contributed by atoms with E-state index in [1.165, 1.54) is 0 Å². The van der Waals surface area contributed by atoms with Gasteiger partial charge in [0, 0.05) is 19.3 Å². The molecule has 0 aromatic heterocycles. The highest BCUT2D eigenvalue weighted by Crippen LogP contribution is 2.27. The van der Waals surface area contributed by atoms with Crippen LogP contribution in [0.2, 0.25) is 0 Å². The molecule has 2 heterocycles. The summed E-state index contributed by atoms with van der Waals surface area (Å²) >= 11 is 0. The molecule has 2 aliphatic heterocycles. The molecule has 18 heavy (non-hydrogen) atoms. The van der Waals surface area contributed by atoms with Gasteiger partial charge >= 0.3 is 5.97 Å². The molecule has 4 heteroatoms. The predicted molar refractivity (Wildman–Crippen MR) is 69.4 cm³/mol. The summed E-state index contributed by atoms with van der Waals surface area (Å²) in [4.78, 5) is 14.6. The van der Waals surface area contributed by atoms with Crippen LogP contribution in [-0.4, -0.2) is 48.3 Å². The van der Waals surface area contributed by atoms with E-state index in [4.69, 9.17) is 9.47 Å². The lowest BCUT2D eigenvalue weighted by Crippen LogP contribution is -2.47. The van der Waals surface area contributed by atoms with Crippen LogP contribution in [0.25, 0.3) is 0 Å². The van der Waals surface area contributed by atoms with Crippen molar-refractivity contribution < 1.29 is 14.3 Å². The molecule has 4 nitrogen and oxygen atoms in total. The van der Waals surface area contributed by atoms with Crippen molar-refractivity contribution in [2.24, 2.45) is 0 Å². The first-order valence-corrected chi connectivity index (χ1v) is 7.04. The van der Waals surface area contributed by atoms with Gasteiger partial charge in [-0.15, -0.1) is 0 Å². The second-order valence-electron chi connectivity index (χ2n) is 6.27. The van der Waals surface area contributed by atoms with E-state index in [2.05, 4.69) is 4.90 Å². The minimum Gasteiger partial charge on any atom is -0.459 e. The monoisotopic (exact) mass is 255 g/mol. The van der Waals surface area contributed by atoms with Crippen LogP contribution in [0.5, 0.6) is 0 Å². The molecule has 0 bridgehead atoms. The van der Waals surface area contributed by atoms with Crippen LogP contribution >= 0.6 is 0 Å². The Hall–Kier alpha value is -0.610. The minimum atomic E-state index is -0.388. The van der Waals surface area contributed by atoms with Gasteiger partial charge in [0.15, 0.2) is 0 Å². The van der Waals surface area contributed by atoms with Gasteiger partial charge in [0.25, 0.3) is 0 Å². The SMILES string of the molecule is CC(C)(C)OC(=O)[C@@H]1CCCN1C1CCOCC1. The first kappa shape index (κ1) is 13.8. The molecular weight excluding hydrogens is 230 g/mol. The second kappa shape index (κ2) is 5.57. The summed E-state index contributed by atoms with van der Waals surface area (Å²) in [6.45, 7) is 8.45. The number of nitrogens with zero attached hydrogens (tertiary/aromatic N) is 1. The van der Waals surface area contributed by atoms with E-state index in [-0.39, 0.29) is 17.6 Å². The van der Waals surface area contributed by atoms with E-state index < -0.39 is 0 Å². The number of hydrogen-bond acceptors (Lipinski definition) is 4. The number of rotatable bonds is 2. The predicted octanol–water partition coefficient (Wildman–Crippen LogP) is 1.97. The molecule has 0 N–H and O–H groups in total. The highest BCUT2D eigenvalue weighted by atomic mass is 16.6. The molecule has 0 radical (unpaired) electrons. The molecule has 2 aliphatic rings. The van der Waals surface area contributed by atoms with Crippen LogP contribution in [0.4, 0.5) is 0 Å². The third-order valence-electron chi connectivity index (χ3n) is 3.63. The Bertz CT molecular complexity index is 292. The molecule has 0 aliphatic carbocycles. The van der Waals surface area contributed by atoms with Crippen molar-refractivity contribution in [3.05, 3.63) is 0 Å². The second-order valence-corrected chi connectivity index (χ2v) is 6.27. The van der Waals surface area contributed by atoms with Gasteiger partial charge in [0.05, 0.1) is 0 Å². The Labute approximate surface area is 110 Å². The zero-order valence-corrected chi connectivity index (χ0v) is 11.8. The number of esters is 1. The average molecular weight is 255 g/mol. The Morgan fingerprint density at radius 1 is 1.22 bits per heavy atom. The number of hydrogen-bond donors (Lipinski definition) is 0. The first-order chi connectivity index (χ1) is 8.47. The van der Waals surface area contributed by atoms with Crippen molar-refractivity contribution >= 4 is 5.97 Å². The van der Waals surface area contributed by atoms with Gasteiger partial charge in [0.1, 0.15) is 11.6 Å². The highest BCUT2D eigenvalue weighted by Gasteiger charge is 2.38. The standard InChI is InChI=1S/C14H25NO3/c1-14(2,3)18-13(16)12-5-4-8-15(12)11-6-9-17-10-7-11/h11-12H,4-10H2,1-3H3/t12-/m0/s1. The molecule has 0 aromatic rings. The van der Waals surface area contributed by atoms with E-state index in [1.54, 1.807) is 0 Å². The summed E-state index contributed by atoms with van der Waals surface area (Å²) in [6, 6.07) is 0.464. The topological polar surface area (TPSA) is 38.8 Å². The number of carbonyl (C=O) groups is 1. The fraction of sp³-hybridized carbons (Fsp3) is 0.929. The quantitative estimate of drug-likeness (QED) is 0.707. The maximum absolute atomic E-state index is 12.2. The van der Waals surface area contributed by atoms with Crippen LogP contribution in [0, 0.1) is 0 Å². The summed E-state index contributed by atoms with van der Waals surface area (Å²) in [5, 5.41) is 0. The van der Waals surface area contributed by atoms with Gasteiger partial charge in [-0.05, 0) is 53.0 Å². The number of ether oxygens (including phenoxy) is 2. The normalized spacial score (nSPS) is 27.4. The molecule has 104 valence electrons. The van der Waals surface area contributed by atoms with Gasteiger partial charge in [-0.2, -0.15) is 0 Å². The molecule has 2 rings (SSSR count). The summed E-state index contributed by atoms with van der Waals surface area (Å²) < 4.78 is 10.9. The van der Waals surface area contributed by atoms with Crippen molar-refractivity contribution in [2.45, 2.75) is 64.1 Å². The van der Waals surface area contributed by atoms with Crippen molar-refractivity contribution in [3.8, 4) is 0 Å². The number of likely N-dealkylation sites (tertiary alicyclic amines) is 1. The molecule has 0 saturated carbocycles. The maximum Gasteiger partial charge on any atom is 0.323 e. The fourth-order valence-corrected chi connectivity index (χ4v) is 2.87. The first-order valence-electron chi connectivity index (χ1n) is 7.04. The third kappa shape index (κ3) is 3.45. The van der Waals surface area contributed by atoms with Gasteiger partial charge in [0.2, 0.25) is 0 Å². The Morgan fingerprint density at radius 3 is 2.50 bits per heavy atom. The van der Waals surface area contributed by atoms with E-state index in [0.29, 0.717) is 6.04 Å². The van der Waals surface area contributed by atoms with E-state index in [0.717, 1.165) is 45.4 Å². The third-order valence-corrected chi connectivity index (χ3v) is 3.63. The molecule has 0 amide bonds. The zero-order chi connectivity index (χ0) is 13.2. The zero-order valence-electron chi connectivity index (χ0n) is 11.8. The van der Waals surface area contributed by atoms with Crippen LogP contribution < -0.4 is 0 Å². The molecule has 0 spiro atoms. The van der Waals surface area contributed by atoms with Gasteiger partial charge in [-0.3, -0.25) is 9.69 Å². The van der Waals surface area contributed by atoms with Gasteiger partial charge < -0.3 is 9.47 Å². The lowest BCUT2D eigenvalue weighted by Gasteiger charge is -2.35. The van der Waals surface area contributed by atoms with Gasteiger partial charge in [-0.25, -0.2) is 0 Å². The smallest absolute Gasteiger partial charge is 0.323 e. The molecule has 2 fully saturated rings. The molecule has 0 unspecified atom stereocenters. The fourth-order valence-electron chi connectivity index (χ4n) is 2.87. The summed E-state index contributed by atoms with van der Waals surface area (Å²) in [5.74, 6) is -0.0495. The van der Waals surface area contributed by atoms with Crippen molar-refractivity contribution in [3.63, 3.8) is 0 Å². The molecule has 0 aromatic carbocycles. The maximum atomic E-state index is 12.2. The Morgan fingerprint density at radius 2 is 1.89 bits per heavy atom. The molecule has 2 saturated heterocycles. The van der Waals surface area contributed by atoms with Crippen LogP contribution in [0.1, 0.15) is 46.5 Å². The van der Waals surface area contributed by atoms with Gasteiger partial charge in [-0.1, -0.05) is 0 Å². The van der Waals surface area contributed by atoms with Crippen LogP contribution in [0.15, 0.2) is 0 Å². The summed E-state index contributed by atoms with van der Waals surface area (Å²) in [6.07, 6.45) is 4.12. The Balaban J connectivity index is 1.96. The average Bonchev–Trinajstić information content (AvgIpc) is 2.76. The van der Waals surface area contributed by atoms with Crippen LogP contribution in [-0.2, 0) is 14.3 Å². The van der Waals surface area contributed by atoms with Crippen molar-refractivity contribution in [1.82, 2.24) is 4.90 Å². The highest BCUT2D eigenvalue weighted by molar-refractivity contribution is 5.76. The summed E-state index contributed by atoms with van der Waals surface area (Å²) in [7, 11) is 0. The van der Waals surface area contributed by atoms with Crippen molar-refractivity contribution in [2.75, 3.05) is 19.8 Å². The number of carbonyl (C=O) groups excluding carboxylic acids is 1. The van der Waals surface area contributed by atoms with E-state index in [9.17, 15) is 4.79 Å². The van der Waals surface area contributed by atoms with Crippen LogP contribution in [0.3, 0.4) is 0 Å². The van der Waals surface area contributed by atoms with Crippen molar-refractivity contribution in [1.29, 1.82) is 0 Å². The summed E-state index contributed by atoms with van der Waals surface area (Å²) in [5.41, 5.74) is -0.388. The lowest BCUT2D eigenvalue weighted by molar-refractivity contribution is -0.161.